The van der Waals surface area contributed by atoms with Crippen molar-refractivity contribution in [2.75, 3.05) is 11.4 Å². The van der Waals surface area contributed by atoms with Gasteiger partial charge in [-0.2, -0.15) is 0 Å². The van der Waals surface area contributed by atoms with Gasteiger partial charge in [0.25, 0.3) is 5.91 Å². The average Bonchev–Trinajstić information content (AvgIpc) is 2.46. The summed E-state index contributed by atoms with van der Waals surface area (Å²) in [5.74, 6) is 0.0286. The number of aromatic hydroxyl groups is 1. The summed E-state index contributed by atoms with van der Waals surface area (Å²) < 4.78 is 0. The van der Waals surface area contributed by atoms with E-state index in [2.05, 4.69) is 6.58 Å². The maximum absolute atomic E-state index is 12.5. The number of hydrogen-bond donors (Lipinski definition) is 1. The third-order valence-electron chi connectivity index (χ3n) is 3.02. The quantitative estimate of drug-likeness (QED) is 0.861. The first-order valence-corrected chi connectivity index (χ1v) is 6.40. The predicted octanol–water partition coefficient (Wildman–Crippen LogP) is 3.53. The van der Waals surface area contributed by atoms with Crippen molar-refractivity contribution in [3.05, 3.63) is 72.3 Å². The van der Waals surface area contributed by atoms with Gasteiger partial charge in [0, 0.05) is 17.8 Å². The van der Waals surface area contributed by atoms with Crippen molar-refractivity contribution in [3.8, 4) is 5.75 Å². The summed E-state index contributed by atoms with van der Waals surface area (Å²) in [6.45, 7) is 6.14. The molecule has 3 nitrogen and oxygen atoms in total. The lowest BCUT2D eigenvalue weighted by Crippen LogP contribution is -2.30. The Hall–Kier alpha value is -2.55. The van der Waals surface area contributed by atoms with E-state index in [0.717, 1.165) is 11.3 Å². The summed E-state index contributed by atoms with van der Waals surface area (Å²) in [6, 6.07) is 14.0. The Balaban J connectivity index is 2.32. The highest BCUT2D eigenvalue weighted by atomic mass is 16.3. The average molecular weight is 267 g/mol. The van der Waals surface area contributed by atoms with E-state index >= 15 is 0 Å². The number of hydrogen-bond acceptors (Lipinski definition) is 2. The van der Waals surface area contributed by atoms with Gasteiger partial charge in [-0.3, -0.25) is 4.79 Å². The molecule has 102 valence electrons. The Labute approximate surface area is 118 Å². The number of phenolic OH excluding ortho intramolecular Hbond substituents is 1. The van der Waals surface area contributed by atoms with Crippen molar-refractivity contribution in [2.45, 2.75) is 6.92 Å². The number of phenols is 1. The molecule has 0 saturated heterocycles. The normalized spacial score (nSPS) is 10.1. The Morgan fingerprint density at radius 3 is 2.30 bits per heavy atom. The zero-order valence-corrected chi connectivity index (χ0v) is 11.4. The molecule has 0 aliphatic carbocycles. The molecule has 0 unspecified atom stereocenters. The SMILES string of the molecule is C=CCN(C(=O)c1ccc(O)cc1)c1ccc(C)cc1. The first kappa shape index (κ1) is 13.9. The van der Waals surface area contributed by atoms with Gasteiger partial charge in [0.05, 0.1) is 0 Å². The molecule has 0 heterocycles. The summed E-state index contributed by atoms with van der Waals surface area (Å²) in [5, 5.41) is 9.29. The van der Waals surface area contributed by atoms with Crippen LogP contribution in [0.5, 0.6) is 5.75 Å². The van der Waals surface area contributed by atoms with Crippen molar-refractivity contribution < 1.29 is 9.90 Å². The Kier molecular flexibility index (Phi) is 4.20. The zero-order chi connectivity index (χ0) is 14.5. The van der Waals surface area contributed by atoms with Crippen molar-refractivity contribution in [1.29, 1.82) is 0 Å². The van der Waals surface area contributed by atoms with E-state index < -0.39 is 0 Å². The highest BCUT2D eigenvalue weighted by molar-refractivity contribution is 6.06. The number of anilines is 1. The van der Waals surface area contributed by atoms with Gasteiger partial charge in [0.2, 0.25) is 0 Å². The minimum atomic E-state index is -0.117. The maximum atomic E-state index is 12.5. The van der Waals surface area contributed by atoms with E-state index in [-0.39, 0.29) is 11.7 Å². The van der Waals surface area contributed by atoms with Crippen molar-refractivity contribution in [3.63, 3.8) is 0 Å². The van der Waals surface area contributed by atoms with Gasteiger partial charge in [0.1, 0.15) is 5.75 Å². The van der Waals surface area contributed by atoms with Gasteiger partial charge < -0.3 is 10.0 Å². The van der Waals surface area contributed by atoms with Crippen LogP contribution in [-0.2, 0) is 0 Å². The fourth-order valence-corrected chi connectivity index (χ4v) is 1.92. The van der Waals surface area contributed by atoms with Gasteiger partial charge in [-0.05, 0) is 43.3 Å². The molecule has 2 rings (SSSR count). The van der Waals surface area contributed by atoms with Crippen LogP contribution in [-0.4, -0.2) is 17.6 Å². The van der Waals surface area contributed by atoms with Crippen LogP contribution in [0.15, 0.2) is 61.2 Å². The van der Waals surface area contributed by atoms with E-state index in [9.17, 15) is 9.90 Å². The van der Waals surface area contributed by atoms with E-state index in [4.69, 9.17) is 0 Å². The molecular weight excluding hydrogens is 250 g/mol. The lowest BCUT2D eigenvalue weighted by Gasteiger charge is -2.21. The number of nitrogens with zero attached hydrogens (tertiary/aromatic N) is 1. The molecule has 0 atom stereocenters. The highest BCUT2D eigenvalue weighted by Gasteiger charge is 2.16. The summed E-state index contributed by atoms with van der Waals surface area (Å²) in [6.07, 6.45) is 1.69. The molecule has 0 fully saturated rings. The second-order valence-electron chi connectivity index (χ2n) is 4.59. The Morgan fingerprint density at radius 1 is 1.15 bits per heavy atom. The van der Waals surface area contributed by atoms with Crippen LogP contribution < -0.4 is 4.90 Å². The first-order valence-electron chi connectivity index (χ1n) is 6.40. The molecule has 0 spiro atoms. The van der Waals surface area contributed by atoms with Crippen LogP contribution in [0.4, 0.5) is 5.69 Å². The first-order chi connectivity index (χ1) is 9.61. The zero-order valence-electron chi connectivity index (χ0n) is 11.4. The fraction of sp³-hybridized carbons (Fsp3) is 0.118. The molecule has 0 aliphatic rings. The smallest absolute Gasteiger partial charge is 0.258 e. The third kappa shape index (κ3) is 3.06. The van der Waals surface area contributed by atoms with Gasteiger partial charge in [-0.25, -0.2) is 0 Å². The second kappa shape index (κ2) is 6.06. The maximum Gasteiger partial charge on any atom is 0.258 e. The standard InChI is InChI=1S/C17H17NO2/c1-3-12-18(15-8-4-13(2)5-9-15)17(20)14-6-10-16(19)11-7-14/h3-11,19H,1,12H2,2H3. The van der Waals surface area contributed by atoms with Crippen LogP contribution in [0.2, 0.25) is 0 Å². The lowest BCUT2D eigenvalue weighted by molar-refractivity contribution is 0.0989. The number of rotatable bonds is 4. The molecule has 0 aromatic heterocycles. The van der Waals surface area contributed by atoms with E-state index in [1.54, 1.807) is 23.1 Å². The Bertz CT molecular complexity index is 600. The van der Waals surface area contributed by atoms with Crippen LogP contribution in [0.1, 0.15) is 15.9 Å². The minimum absolute atomic E-state index is 0.117. The summed E-state index contributed by atoms with van der Waals surface area (Å²) >= 11 is 0. The van der Waals surface area contributed by atoms with Gasteiger partial charge in [0.15, 0.2) is 0 Å². The molecular formula is C17H17NO2. The van der Waals surface area contributed by atoms with E-state index in [1.807, 2.05) is 31.2 Å². The fourth-order valence-electron chi connectivity index (χ4n) is 1.92. The number of aryl methyl sites for hydroxylation is 1. The van der Waals surface area contributed by atoms with Crippen LogP contribution in [0.3, 0.4) is 0 Å². The van der Waals surface area contributed by atoms with Crippen LogP contribution in [0.25, 0.3) is 0 Å². The molecule has 1 N–H and O–H groups in total. The van der Waals surface area contributed by atoms with Gasteiger partial charge in [-0.1, -0.05) is 23.8 Å². The molecule has 0 aliphatic heterocycles. The largest absolute Gasteiger partial charge is 0.508 e. The Morgan fingerprint density at radius 2 is 1.75 bits per heavy atom. The molecule has 0 saturated carbocycles. The topological polar surface area (TPSA) is 40.5 Å². The second-order valence-corrected chi connectivity index (χ2v) is 4.59. The predicted molar refractivity (Wildman–Crippen MR) is 81.2 cm³/mol. The van der Waals surface area contributed by atoms with Gasteiger partial charge >= 0.3 is 0 Å². The molecule has 2 aromatic rings. The molecule has 0 bridgehead atoms. The summed E-state index contributed by atoms with van der Waals surface area (Å²) in [7, 11) is 0. The third-order valence-corrected chi connectivity index (χ3v) is 3.02. The number of carbonyl (C=O) groups is 1. The van der Waals surface area contributed by atoms with Crippen molar-refractivity contribution >= 4 is 11.6 Å². The van der Waals surface area contributed by atoms with Crippen molar-refractivity contribution in [1.82, 2.24) is 0 Å². The number of carbonyl (C=O) groups excluding carboxylic acids is 1. The molecule has 0 radical (unpaired) electrons. The molecule has 1 amide bonds. The molecule has 2 aromatic carbocycles. The van der Waals surface area contributed by atoms with Gasteiger partial charge in [-0.15, -0.1) is 6.58 Å². The summed E-state index contributed by atoms with van der Waals surface area (Å²) in [4.78, 5) is 14.2. The van der Waals surface area contributed by atoms with Crippen molar-refractivity contribution in [2.24, 2.45) is 0 Å². The number of benzene rings is 2. The molecule has 3 heteroatoms. The highest BCUT2D eigenvalue weighted by Crippen LogP contribution is 2.19. The van der Waals surface area contributed by atoms with Crippen LogP contribution >= 0.6 is 0 Å². The molecule has 20 heavy (non-hydrogen) atoms. The lowest BCUT2D eigenvalue weighted by atomic mass is 10.1. The number of amides is 1. The monoisotopic (exact) mass is 267 g/mol. The minimum Gasteiger partial charge on any atom is -0.508 e. The summed E-state index contributed by atoms with van der Waals surface area (Å²) in [5.41, 5.74) is 2.50. The van der Waals surface area contributed by atoms with E-state index in [0.29, 0.717) is 12.1 Å². The van der Waals surface area contributed by atoms with Crippen LogP contribution in [0, 0.1) is 6.92 Å². The van der Waals surface area contributed by atoms with E-state index in [1.165, 1.54) is 12.1 Å².